The van der Waals surface area contributed by atoms with Crippen molar-refractivity contribution in [2.75, 3.05) is 13.1 Å². The second kappa shape index (κ2) is 8.15. The second-order valence-electron chi connectivity index (χ2n) is 5.78. The van der Waals surface area contributed by atoms with Crippen LogP contribution in [0.1, 0.15) is 38.2 Å². The normalized spacial score (nSPS) is 22.2. The highest BCUT2D eigenvalue weighted by atomic mass is 16.1. The molecule has 21 heavy (non-hydrogen) atoms. The van der Waals surface area contributed by atoms with Crippen LogP contribution in [-0.4, -0.2) is 36.0 Å². The topological polar surface area (TPSA) is 58.4 Å². The zero-order valence-electron chi connectivity index (χ0n) is 12.9. The Hall–Kier alpha value is -1.39. The lowest BCUT2D eigenvalue weighted by atomic mass is 9.88. The van der Waals surface area contributed by atoms with Crippen LogP contribution < -0.4 is 11.1 Å². The average Bonchev–Trinajstić information content (AvgIpc) is 2.54. The molecule has 0 aromatic heterocycles. The first-order valence-electron chi connectivity index (χ1n) is 8.02. The number of likely N-dealkylation sites (N-methyl/N-ethyl adjacent to an activating group) is 1. The zero-order valence-corrected chi connectivity index (χ0v) is 12.9. The summed E-state index contributed by atoms with van der Waals surface area (Å²) in [5, 5.41) is 3.11. The molecule has 0 saturated heterocycles. The molecule has 1 aliphatic carbocycles. The van der Waals surface area contributed by atoms with E-state index in [1.54, 1.807) is 0 Å². The molecule has 3 N–H and O–H groups in total. The molecule has 1 fully saturated rings. The Balaban J connectivity index is 2.04. The fourth-order valence-corrected chi connectivity index (χ4v) is 3.26. The van der Waals surface area contributed by atoms with Crippen molar-refractivity contribution >= 4 is 5.91 Å². The van der Waals surface area contributed by atoms with Gasteiger partial charge in [0.25, 0.3) is 0 Å². The van der Waals surface area contributed by atoms with E-state index in [0.29, 0.717) is 6.04 Å². The number of nitrogens with zero attached hydrogens (tertiary/aromatic N) is 1. The molecule has 1 saturated carbocycles. The van der Waals surface area contributed by atoms with Crippen LogP contribution in [-0.2, 0) is 11.3 Å². The first-order chi connectivity index (χ1) is 10.2. The van der Waals surface area contributed by atoms with Crippen molar-refractivity contribution < 1.29 is 4.79 Å². The van der Waals surface area contributed by atoms with Crippen molar-refractivity contribution in [3.05, 3.63) is 35.9 Å². The molecule has 0 bridgehead atoms. The highest BCUT2D eigenvalue weighted by molar-refractivity contribution is 5.78. The summed E-state index contributed by atoms with van der Waals surface area (Å²) in [5.41, 5.74) is 6.77. The number of carbonyl (C=O) groups is 1. The van der Waals surface area contributed by atoms with Crippen molar-refractivity contribution in [1.29, 1.82) is 0 Å². The zero-order chi connectivity index (χ0) is 15.1. The number of rotatable bonds is 6. The molecule has 2 unspecified atom stereocenters. The van der Waals surface area contributed by atoms with E-state index < -0.39 is 0 Å². The average molecular weight is 289 g/mol. The maximum atomic E-state index is 11.6. The molecule has 116 valence electrons. The third kappa shape index (κ3) is 4.55. The number of hydrogen-bond donors (Lipinski definition) is 2. The molecule has 1 aliphatic rings. The molecule has 1 amide bonds. The van der Waals surface area contributed by atoms with Crippen molar-refractivity contribution in [1.82, 2.24) is 10.2 Å². The van der Waals surface area contributed by atoms with E-state index >= 15 is 0 Å². The number of nitrogens with one attached hydrogen (secondary N) is 1. The van der Waals surface area contributed by atoms with Gasteiger partial charge in [-0.1, -0.05) is 50.1 Å². The molecule has 0 aliphatic heterocycles. The third-order valence-electron chi connectivity index (χ3n) is 4.36. The van der Waals surface area contributed by atoms with Gasteiger partial charge in [-0.05, 0) is 24.9 Å². The van der Waals surface area contributed by atoms with Gasteiger partial charge in [-0.2, -0.15) is 0 Å². The predicted octanol–water partition coefficient (Wildman–Crippen LogP) is 1.89. The first kappa shape index (κ1) is 16.0. The highest BCUT2D eigenvalue weighted by Crippen LogP contribution is 2.24. The van der Waals surface area contributed by atoms with E-state index in [0.717, 1.165) is 25.9 Å². The molecule has 1 aromatic carbocycles. The summed E-state index contributed by atoms with van der Waals surface area (Å²) in [6.07, 6.45) is 4.64. The van der Waals surface area contributed by atoms with Crippen molar-refractivity contribution in [3.8, 4) is 0 Å². The van der Waals surface area contributed by atoms with Gasteiger partial charge in [-0.3, -0.25) is 9.69 Å². The van der Waals surface area contributed by atoms with Crippen LogP contribution in [0.3, 0.4) is 0 Å². The Morgan fingerprint density at radius 1 is 1.29 bits per heavy atom. The van der Waals surface area contributed by atoms with E-state index in [1.165, 1.54) is 18.4 Å². The summed E-state index contributed by atoms with van der Waals surface area (Å²) in [6.45, 7) is 4.21. The maximum absolute atomic E-state index is 11.6. The minimum atomic E-state index is -0.0392. The van der Waals surface area contributed by atoms with E-state index in [-0.39, 0.29) is 18.5 Å². The van der Waals surface area contributed by atoms with Crippen LogP contribution in [0.15, 0.2) is 30.3 Å². The smallest absolute Gasteiger partial charge is 0.234 e. The Morgan fingerprint density at radius 2 is 2.00 bits per heavy atom. The third-order valence-corrected chi connectivity index (χ3v) is 4.36. The standard InChI is InChI=1S/C17H27N3O/c1-2-20(13-14-8-4-3-5-9-14)16-11-7-6-10-15(16)19-17(21)12-18/h3-5,8-9,15-16H,2,6-7,10-13,18H2,1H3,(H,19,21). The number of hydrogen-bond acceptors (Lipinski definition) is 3. The molecule has 0 radical (unpaired) electrons. The van der Waals surface area contributed by atoms with Crippen LogP contribution in [0.4, 0.5) is 0 Å². The number of carbonyl (C=O) groups excluding carboxylic acids is 1. The van der Waals surface area contributed by atoms with Crippen molar-refractivity contribution in [2.45, 2.75) is 51.2 Å². The number of nitrogens with two attached hydrogens (primary N) is 1. The number of amides is 1. The van der Waals surface area contributed by atoms with Gasteiger partial charge in [0.15, 0.2) is 0 Å². The molecule has 2 atom stereocenters. The molecule has 0 spiro atoms. The van der Waals surface area contributed by atoms with Crippen LogP contribution in [0.25, 0.3) is 0 Å². The first-order valence-corrected chi connectivity index (χ1v) is 8.02. The Bertz CT molecular complexity index is 435. The van der Waals surface area contributed by atoms with E-state index in [1.807, 2.05) is 6.07 Å². The van der Waals surface area contributed by atoms with Gasteiger partial charge in [0.2, 0.25) is 5.91 Å². The Morgan fingerprint density at radius 3 is 2.67 bits per heavy atom. The lowest BCUT2D eigenvalue weighted by molar-refractivity contribution is -0.121. The minimum absolute atomic E-state index is 0.0392. The van der Waals surface area contributed by atoms with Crippen LogP contribution in [0.5, 0.6) is 0 Å². The van der Waals surface area contributed by atoms with Gasteiger partial charge < -0.3 is 11.1 Å². The van der Waals surface area contributed by atoms with Gasteiger partial charge >= 0.3 is 0 Å². The summed E-state index contributed by atoms with van der Waals surface area (Å²) in [4.78, 5) is 14.1. The SMILES string of the molecule is CCN(Cc1ccccc1)C1CCCCC1NC(=O)CN. The van der Waals surface area contributed by atoms with E-state index in [2.05, 4.69) is 41.4 Å². The summed E-state index contributed by atoms with van der Waals surface area (Å²) in [6, 6.07) is 11.2. The summed E-state index contributed by atoms with van der Waals surface area (Å²) < 4.78 is 0. The van der Waals surface area contributed by atoms with Crippen LogP contribution in [0, 0.1) is 0 Å². The maximum Gasteiger partial charge on any atom is 0.234 e. The molecule has 4 nitrogen and oxygen atoms in total. The molecule has 1 aromatic rings. The van der Waals surface area contributed by atoms with Gasteiger partial charge in [-0.25, -0.2) is 0 Å². The lowest BCUT2D eigenvalue weighted by Crippen LogP contribution is -2.54. The summed E-state index contributed by atoms with van der Waals surface area (Å²) in [5.74, 6) is -0.0392. The monoisotopic (exact) mass is 289 g/mol. The molecular formula is C17H27N3O. The van der Waals surface area contributed by atoms with Crippen LogP contribution >= 0.6 is 0 Å². The summed E-state index contributed by atoms with van der Waals surface area (Å²) >= 11 is 0. The molecular weight excluding hydrogens is 262 g/mol. The molecule has 0 heterocycles. The predicted molar refractivity (Wildman–Crippen MR) is 85.8 cm³/mol. The number of benzene rings is 1. The summed E-state index contributed by atoms with van der Waals surface area (Å²) in [7, 11) is 0. The fraction of sp³-hybridized carbons (Fsp3) is 0.588. The van der Waals surface area contributed by atoms with Gasteiger partial charge in [-0.15, -0.1) is 0 Å². The Labute approximate surface area is 127 Å². The van der Waals surface area contributed by atoms with Crippen LogP contribution in [0.2, 0.25) is 0 Å². The van der Waals surface area contributed by atoms with Crippen molar-refractivity contribution in [3.63, 3.8) is 0 Å². The van der Waals surface area contributed by atoms with Gasteiger partial charge in [0.05, 0.1) is 6.54 Å². The van der Waals surface area contributed by atoms with E-state index in [9.17, 15) is 4.79 Å². The fourth-order valence-electron chi connectivity index (χ4n) is 3.26. The highest BCUT2D eigenvalue weighted by Gasteiger charge is 2.30. The molecule has 2 rings (SSSR count). The van der Waals surface area contributed by atoms with Crippen molar-refractivity contribution in [2.24, 2.45) is 5.73 Å². The minimum Gasteiger partial charge on any atom is -0.351 e. The van der Waals surface area contributed by atoms with Gasteiger partial charge in [0.1, 0.15) is 0 Å². The Kier molecular flexibility index (Phi) is 6.21. The quantitative estimate of drug-likeness (QED) is 0.841. The molecule has 4 heteroatoms. The lowest BCUT2D eigenvalue weighted by Gasteiger charge is -2.40. The second-order valence-corrected chi connectivity index (χ2v) is 5.78. The van der Waals surface area contributed by atoms with E-state index in [4.69, 9.17) is 5.73 Å². The van der Waals surface area contributed by atoms with Gasteiger partial charge in [0, 0.05) is 18.6 Å². The largest absolute Gasteiger partial charge is 0.351 e.